The van der Waals surface area contributed by atoms with Gasteiger partial charge in [0, 0.05) is 11.4 Å². The molecule has 14 heavy (non-hydrogen) atoms. The molecule has 4 heteroatoms. The van der Waals surface area contributed by atoms with Crippen LogP contribution < -0.4 is 5.32 Å². The fraction of sp³-hybridized carbons (Fsp3) is 0.500. The summed E-state index contributed by atoms with van der Waals surface area (Å²) in [5.41, 5.74) is 0. The maximum atomic E-state index is 11.5. The molecular formula is C10H14BrNO2. The lowest BCUT2D eigenvalue weighted by molar-refractivity contribution is 0.0910. The average molecular weight is 260 g/mol. The van der Waals surface area contributed by atoms with Crippen LogP contribution >= 0.6 is 15.9 Å². The van der Waals surface area contributed by atoms with E-state index >= 15 is 0 Å². The molecule has 0 bridgehead atoms. The molecule has 1 aromatic heterocycles. The first-order chi connectivity index (χ1) is 6.63. The first-order valence-electron chi connectivity index (χ1n) is 4.56. The molecule has 1 atom stereocenters. The van der Waals surface area contributed by atoms with Gasteiger partial charge in [-0.15, -0.1) is 0 Å². The van der Waals surface area contributed by atoms with E-state index in [1.807, 2.05) is 13.8 Å². The minimum atomic E-state index is -0.147. The minimum absolute atomic E-state index is 0.147. The molecule has 1 heterocycles. The van der Waals surface area contributed by atoms with Crippen LogP contribution in [-0.4, -0.2) is 17.3 Å². The fourth-order valence-electron chi connectivity index (χ4n) is 1.09. The Balaban J connectivity index is 2.50. The molecule has 1 aromatic rings. The van der Waals surface area contributed by atoms with Gasteiger partial charge in [-0.25, -0.2) is 0 Å². The van der Waals surface area contributed by atoms with E-state index in [4.69, 9.17) is 4.42 Å². The number of nitrogens with one attached hydrogen (secondary N) is 1. The summed E-state index contributed by atoms with van der Waals surface area (Å²) < 4.78 is 5.20. The van der Waals surface area contributed by atoms with E-state index in [1.165, 1.54) is 0 Å². The topological polar surface area (TPSA) is 42.2 Å². The molecule has 0 spiro atoms. The second kappa shape index (κ2) is 5.20. The Hall–Kier alpha value is -0.770. The number of aryl methyl sites for hydroxylation is 1. The molecule has 0 aromatic carbocycles. The third-order valence-electron chi connectivity index (χ3n) is 1.88. The molecule has 0 saturated carbocycles. The Morgan fingerprint density at radius 3 is 2.86 bits per heavy atom. The molecule has 1 amide bonds. The van der Waals surface area contributed by atoms with Crippen LogP contribution in [0.4, 0.5) is 0 Å². The van der Waals surface area contributed by atoms with Crippen LogP contribution in [0.15, 0.2) is 16.5 Å². The van der Waals surface area contributed by atoms with Crippen LogP contribution in [-0.2, 0) is 0 Å². The Bertz CT molecular complexity index is 309. The number of hydrogen-bond acceptors (Lipinski definition) is 2. The maximum absolute atomic E-state index is 11.5. The zero-order valence-corrected chi connectivity index (χ0v) is 9.93. The van der Waals surface area contributed by atoms with Gasteiger partial charge in [0.2, 0.25) is 0 Å². The van der Waals surface area contributed by atoms with E-state index < -0.39 is 0 Å². The lowest BCUT2D eigenvalue weighted by Crippen LogP contribution is -2.32. The van der Waals surface area contributed by atoms with Crippen molar-refractivity contribution in [3.05, 3.63) is 23.7 Å². The van der Waals surface area contributed by atoms with Crippen molar-refractivity contribution < 1.29 is 9.21 Å². The number of rotatable bonds is 4. The van der Waals surface area contributed by atoms with Crippen molar-refractivity contribution in [3.63, 3.8) is 0 Å². The lowest BCUT2D eigenvalue weighted by atomic mass is 10.2. The van der Waals surface area contributed by atoms with Crippen molar-refractivity contribution in [2.75, 3.05) is 5.33 Å². The summed E-state index contributed by atoms with van der Waals surface area (Å²) in [6.45, 7) is 3.79. The van der Waals surface area contributed by atoms with Crippen LogP contribution in [0, 0.1) is 6.92 Å². The molecule has 0 aliphatic carbocycles. The van der Waals surface area contributed by atoms with Gasteiger partial charge in [-0.3, -0.25) is 4.79 Å². The second-order valence-corrected chi connectivity index (χ2v) is 4.06. The molecule has 1 N–H and O–H groups in total. The van der Waals surface area contributed by atoms with Crippen LogP contribution in [0.5, 0.6) is 0 Å². The minimum Gasteiger partial charge on any atom is -0.456 e. The van der Waals surface area contributed by atoms with Crippen LogP contribution in [0.25, 0.3) is 0 Å². The third-order valence-corrected chi connectivity index (χ3v) is 2.34. The van der Waals surface area contributed by atoms with Gasteiger partial charge in [0.25, 0.3) is 5.91 Å². The summed E-state index contributed by atoms with van der Waals surface area (Å²) in [6, 6.07) is 3.63. The largest absolute Gasteiger partial charge is 0.456 e. The molecule has 0 aliphatic heterocycles. The molecule has 1 unspecified atom stereocenters. The quantitative estimate of drug-likeness (QED) is 0.845. The molecule has 3 nitrogen and oxygen atoms in total. The average Bonchev–Trinajstić information content (AvgIpc) is 2.52. The summed E-state index contributed by atoms with van der Waals surface area (Å²) in [6.07, 6.45) is 0.908. The van der Waals surface area contributed by atoms with E-state index in [1.54, 1.807) is 12.1 Å². The van der Waals surface area contributed by atoms with Crippen molar-refractivity contribution in [2.24, 2.45) is 0 Å². The molecule has 0 saturated heterocycles. The van der Waals surface area contributed by atoms with Gasteiger partial charge >= 0.3 is 0 Å². The van der Waals surface area contributed by atoms with E-state index in [0.717, 1.165) is 17.5 Å². The highest BCUT2D eigenvalue weighted by Gasteiger charge is 2.12. The number of hydrogen-bond donors (Lipinski definition) is 1. The predicted molar refractivity (Wildman–Crippen MR) is 58.8 cm³/mol. The van der Waals surface area contributed by atoms with E-state index in [0.29, 0.717) is 5.76 Å². The van der Waals surface area contributed by atoms with Gasteiger partial charge in [-0.05, 0) is 32.4 Å². The normalized spacial score (nSPS) is 12.5. The SMILES string of the molecule is Cc1ccc(C(=O)NC(C)CCBr)o1. The van der Waals surface area contributed by atoms with Gasteiger partial charge in [0.1, 0.15) is 5.76 Å². The van der Waals surface area contributed by atoms with Gasteiger partial charge in [-0.2, -0.15) is 0 Å². The number of halogens is 1. The summed E-state index contributed by atoms with van der Waals surface area (Å²) in [4.78, 5) is 11.5. The monoisotopic (exact) mass is 259 g/mol. The van der Waals surface area contributed by atoms with Crippen LogP contribution in [0.3, 0.4) is 0 Å². The van der Waals surface area contributed by atoms with Gasteiger partial charge in [-0.1, -0.05) is 15.9 Å². The van der Waals surface area contributed by atoms with E-state index in [2.05, 4.69) is 21.2 Å². The number of amides is 1. The molecule has 0 fully saturated rings. The van der Waals surface area contributed by atoms with Gasteiger partial charge < -0.3 is 9.73 Å². The Labute approximate surface area is 92.0 Å². The number of carbonyl (C=O) groups is 1. The predicted octanol–water partition coefficient (Wildman–Crippen LogP) is 2.49. The highest BCUT2D eigenvalue weighted by molar-refractivity contribution is 9.09. The fourth-order valence-corrected chi connectivity index (χ4v) is 1.77. The van der Waals surface area contributed by atoms with Crippen molar-refractivity contribution >= 4 is 21.8 Å². The highest BCUT2D eigenvalue weighted by atomic mass is 79.9. The zero-order valence-electron chi connectivity index (χ0n) is 8.34. The van der Waals surface area contributed by atoms with Crippen LogP contribution in [0.1, 0.15) is 29.7 Å². The molecule has 0 aliphatic rings. The molecule has 0 radical (unpaired) electrons. The highest BCUT2D eigenvalue weighted by Crippen LogP contribution is 2.06. The van der Waals surface area contributed by atoms with E-state index in [-0.39, 0.29) is 11.9 Å². The first-order valence-corrected chi connectivity index (χ1v) is 5.69. The van der Waals surface area contributed by atoms with Crippen molar-refractivity contribution in [2.45, 2.75) is 26.3 Å². The second-order valence-electron chi connectivity index (χ2n) is 3.26. The lowest BCUT2D eigenvalue weighted by Gasteiger charge is -2.10. The van der Waals surface area contributed by atoms with E-state index in [9.17, 15) is 4.79 Å². The number of alkyl halides is 1. The summed E-state index contributed by atoms with van der Waals surface area (Å²) in [5, 5.41) is 3.73. The number of carbonyl (C=O) groups excluding carboxylic acids is 1. The summed E-state index contributed by atoms with van der Waals surface area (Å²) in [5.74, 6) is 0.985. The summed E-state index contributed by atoms with van der Waals surface area (Å²) in [7, 11) is 0. The molecule has 1 rings (SSSR count). The summed E-state index contributed by atoms with van der Waals surface area (Å²) >= 11 is 3.33. The van der Waals surface area contributed by atoms with Crippen molar-refractivity contribution in [3.8, 4) is 0 Å². The molecular weight excluding hydrogens is 246 g/mol. The van der Waals surface area contributed by atoms with Crippen LogP contribution in [0.2, 0.25) is 0 Å². The van der Waals surface area contributed by atoms with Gasteiger partial charge in [0.05, 0.1) is 0 Å². The Morgan fingerprint density at radius 2 is 2.36 bits per heavy atom. The smallest absolute Gasteiger partial charge is 0.287 e. The number of furan rings is 1. The Morgan fingerprint density at radius 1 is 1.64 bits per heavy atom. The van der Waals surface area contributed by atoms with Gasteiger partial charge in [0.15, 0.2) is 5.76 Å². The Kier molecular flexibility index (Phi) is 4.20. The maximum Gasteiger partial charge on any atom is 0.287 e. The first kappa shape index (κ1) is 11.3. The van der Waals surface area contributed by atoms with Crippen molar-refractivity contribution in [1.82, 2.24) is 5.32 Å². The molecule has 78 valence electrons. The van der Waals surface area contributed by atoms with Crippen molar-refractivity contribution in [1.29, 1.82) is 0 Å². The third kappa shape index (κ3) is 3.18. The zero-order chi connectivity index (χ0) is 10.6. The standard InChI is InChI=1S/C10H14BrNO2/c1-7(5-6-11)12-10(13)9-4-3-8(2)14-9/h3-4,7H,5-6H2,1-2H3,(H,12,13).